The maximum absolute atomic E-state index is 11.3. The summed E-state index contributed by atoms with van der Waals surface area (Å²) in [5.41, 5.74) is 0. The van der Waals surface area contributed by atoms with E-state index in [-0.39, 0.29) is 0 Å². The van der Waals surface area contributed by atoms with Crippen molar-refractivity contribution in [1.29, 1.82) is 0 Å². The van der Waals surface area contributed by atoms with Gasteiger partial charge in [-0.05, 0) is 0 Å². The van der Waals surface area contributed by atoms with Crippen molar-refractivity contribution in [2.24, 2.45) is 0 Å². The van der Waals surface area contributed by atoms with Crippen molar-refractivity contribution in [1.82, 2.24) is 0 Å². The Labute approximate surface area is 126 Å². The van der Waals surface area contributed by atoms with Crippen LogP contribution in [0.3, 0.4) is 0 Å². The number of carbonyl (C=O) groups is 3. The van der Waals surface area contributed by atoms with Crippen molar-refractivity contribution in [2.45, 2.75) is 57.8 Å². The van der Waals surface area contributed by atoms with E-state index in [1.165, 1.54) is 27.9 Å². The van der Waals surface area contributed by atoms with Gasteiger partial charge in [-0.15, -0.1) is 0 Å². The highest BCUT2D eigenvalue weighted by Crippen LogP contribution is 2.37. The number of rotatable bonds is 4. The van der Waals surface area contributed by atoms with E-state index in [9.17, 15) is 14.4 Å². The summed E-state index contributed by atoms with van der Waals surface area (Å²) in [4.78, 5) is 34.0. The molecule has 0 saturated carbocycles. The van der Waals surface area contributed by atoms with Gasteiger partial charge in [0.25, 0.3) is 0 Å². The summed E-state index contributed by atoms with van der Waals surface area (Å²) in [6, 6.07) is 0. The van der Waals surface area contributed by atoms with Gasteiger partial charge in [-0.3, -0.25) is 14.4 Å². The van der Waals surface area contributed by atoms with E-state index in [1.54, 1.807) is 0 Å². The van der Waals surface area contributed by atoms with Crippen LogP contribution >= 0.6 is 0 Å². The Hall–Kier alpha value is -1.71. The van der Waals surface area contributed by atoms with Crippen LogP contribution in [-0.2, 0) is 42.8 Å². The molecule has 6 atom stereocenters. The van der Waals surface area contributed by atoms with Crippen molar-refractivity contribution < 1.29 is 42.8 Å². The van der Waals surface area contributed by atoms with Crippen molar-refractivity contribution in [3.63, 3.8) is 0 Å². The third-order valence-corrected chi connectivity index (χ3v) is 3.21. The molecule has 0 aromatic rings. The van der Waals surface area contributed by atoms with Crippen molar-refractivity contribution in [3.8, 4) is 0 Å². The molecule has 9 nitrogen and oxygen atoms in total. The van der Waals surface area contributed by atoms with Gasteiger partial charge in [0.05, 0.1) is 0 Å². The Kier molecular flexibility index (Phi) is 4.99. The van der Waals surface area contributed by atoms with Crippen LogP contribution in [0.5, 0.6) is 0 Å². The van der Waals surface area contributed by atoms with Gasteiger partial charge in [0, 0.05) is 27.9 Å². The van der Waals surface area contributed by atoms with Crippen LogP contribution in [0.4, 0.5) is 0 Å². The summed E-state index contributed by atoms with van der Waals surface area (Å²) in [6.07, 6.45) is -5.75. The zero-order chi connectivity index (χ0) is 16.4. The van der Waals surface area contributed by atoms with Gasteiger partial charge in [-0.25, -0.2) is 0 Å². The van der Waals surface area contributed by atoms with E-state index in [0.29, 0.717) is 0 Å². The molecule has 9 heteroatoms. The maximum Gasteiger partial charge on any atom is 0.303 e. The highest BCUT2D eigenvalue weighted by atomic mass is 16.8. The number of ether oxygens (including phenoxy) is 6. The van der Waals surface area contributed by atoms with Gasteiger partial charge in [-0.2, -0.15) is 0 Å². The summed E-state index contributed by atoms with van der Waals surface area (Å²) >= 11 is 0. The molecule has 22 heavy (non-hydrogen) atoms. The van der Waals surface area contributed by atoms with E-state index >= 15 is 0 Å². The number of methoxy groups -OCH3 is 1. The molecule has 0 aromatic carbocycles. The van der Waals surface area contributed by atoms with Crippen LogP contribution < -0.4 is 0 Å². The molecule has 0 N–H and O–H groups in total. The minimum Gasteiger partial charge on any atom is -0.455 e. The summed E-state index contributed by atoms with van der Waals surface area (Å²) in [5.74, 6) is -1.84. The lowest BCUT2D eigenvalue weighted by atomic mass is 9.99. The number of esters is 3. The third-order valence-electron chi connectivity index (χ3n) is 3.21. The monoisotopic (exact) mass is 318 g/mol. The lowest BCUT2D eigenvalue weighted by Crippen LogP contribution is -2.58. The van der Waals surface area contributed by atoms with Gasteiger partial charge in [0.1, 0.15) is 0 Å². The van der Waals surface area contributed by atoms with Crippen LogP contribution in [0.15, 0.2) is 0 Å². The first kappa shape index (κ1) is 16.7. The zero-order valence-corrected chi connectivity index (χ0v) is 12.6. The molecular weight excluding hydrogens is 300 g/mol. The highest BCUT2D eigenvalue weighted by Gasteiger charge is 2.60. The molecule has 0 spiro atoms. The Morgan fingerprint density at radius 2 is 1.27 bits per heavy atom. The van der Waals surface area contributed by atoms with E-state index in [1.807, 2.05) is 0 Å². The van der Waals surface area contributed by atoms with Crippen molar-refractivity contribution in [2.75, 3.05) is 7.11 Å². The second-order valence-electron chi connectivity index (χ2n) is 4.93. The molecule has 124 valence electrons. The van der Waals surface area contributed by atoms with E-state index in [0.717, 1.165) is 0 Å². The quantitative estimate of drug-likeness (QED) is 0.501. The Morgan fingerprint density at radius 3 is 1.77 bits per heavy atom. The van der Waals surface area contributed by atoms with E-state index < -0.39 is 54.9 Å². The number of fused-ring (bicyclic) bond motifs is 2. The molecule has 0 amide bonds. The lowest BCUT2D eigenvalue weighted by molar-refractivity contribution is -0.250. The molecule has 2 saturated heterocycles. The first-order chi connectivity index (χ1) is 10.3. The fraction of sp³-hybridized carbons (Fsp3) is 0.769. The molecule has 2 rings (SSSR count). The smallest absolute Gasteiger partial charge is 0.303 e. The molecule has 1 unspecified atom stereocenters. The zero-order valence-electron chi connectivity index (χ0n) is 12.6. The minimum atomic E-state index is -1.07. The van der Waals surface area contributed by atoms with Gasteiger partial charge in [0.2, 0.25) is 6.29 Å². The summed E-state index contributed by atoms with van der Waals surface area (Å²) < 4.78 is 31.6. The van der Waals surface area contributed by atoms with Crippen LogP contribution in [0.25, 0.3) is 0 Å². The van der Waals surface area contributed by atoms with Crippen LogP contribution in [-0.4, -0.2) is 62.0 Å². The average Bonchev–Trinajstić information content (AvgIpc) is 2.78. The lowest BCUT2D eigenvalue weighted by Gasteiger charge is -2.38. The average molecular weight is 318 g/mol. The normalized spacial score (nSPS) is 36.5. The molecule has 0 aromatic heterocycles. The van der Waals surface area contributed by atoms with Gasteiger partial charge >= 0.3 is 17.9 Å². The molecule has 2 aliphatic heterocycles. The van der Waals surface area contributed by atoms with E-state index in [4.69, 9.17) is 28.4 Å². The topological polar surface area (TPSA) is 107 Å². The first-order valence-electron chi connectivity index (χ1n) is 6.69. The van der Waals surface area contributed by atoms with Crippen molar-refractivity contribution >= 4 is 17.9 Å². The maximum atomic E-state index is 11.3. The van der Waals surface area contributed by atoms with Crippen LogP contribution in [0.2, 0.25) is 0 Å². The highest BCUT2D eigenvalue weighted by molar-refractivity contribution is 5.68. The Bertz CT molecular complexity index is 462. The number of hydrogen-bond acceptors (Lipinski definition) is 9. The Morgan fingerprint density at radius 1 is 0.773 bits per heavy atom. The fourth-order valence-electron chi connectivity index (χ4n) is 2.53. The first-order valence-corrected chi connectivity index (χ1v) is 6.69. The van der Waals surface area contributed by atoms with Gasteiger partial charge in [0.15, 0.2) is 30.7 Å². The summed E-state index contributed by atoms with van der Waals surface area (Å²) in [5, 5.41) is 0. The van der Waals surface area contributed by atoms with Crippen LogP contribution in [0, 0.1) is 0 Å². The second kappa shape index (κ2) is 6.59. The molecule has 2 bridgehead atoms. The molecule has 2 fully saturated rings. The Balaban J connectivity index is 2.32. The molecule has 2 aliphatic rings. The number of carbonyl (C=O) groups excluding carboxylic acids is 3. The molecular formula is C13H18O9. The SMILES string of the molecule is COC1O[C@@H]2O[C@H]1[C@@H](OC(C)=O)[C@H](OC(C)=O)[C@H]2OC(C)=O. The fourth-order valence-corrected chi connectivity index (χ4v) is 2.53. The van der Waals surface area contributed by atoms with Gasteiger partial charge < -0.3 is 28.4 Å². The largest absolute Gasteiger partial charge is 0.455 e. The van der Waals surface area contributed by atoms with E-state index in [2.05, 4.69) is 0 Å². The summed E-state index contributed by atoms with van der Waals surface area (Å²) in [6.45, 7) is 3.59. The summed E-state index contributed by atoms with van der Waals surface area (Å²) in [7, 11) is 1.39. The third kappa shape index (κ3) is 3.37. The van der Waals surface area contributed by atoms with Crippen molar-refractivity contribution in [3.05, 3.63) is 0 Å². The second-order valence-corrected chi connectivity index (χ2v) is 4.93. The molecule has 2 heterocycles. The van der Waals surface area contributed by atoms with Crippen LogP contribution in [0.1, 0.15) is 20.8 Å². The molecule has 0 aliphatic carbocycles. The number of hydrogen-bond donors (Lipinski definition) is 0. The minimum absolute atomic E-state index is 0.604. The van der Waals surface area contributed by atoms with Gasteiger partial charge in [-0.1, -0.05) is 0 Å². The predicted octanol–water partition coefficient (Wildman–Crippen LogP) is -0.491. The molecule has 0 radical (unpaired) electrons. The predicted molar refractivity (Wildman–Crippen MR) is 67.2 cm³/mol. The standard InChI is InChI=1S/C13H18O9/c1-5(14)18-8-9(19-6(2)15)11(20-7(3)16)13-21-10(8)12(17-4)22-13/h8-13H,1-4H3/t8-,9-,10-,11+,12?,13-/m0/s1.